The maximum atomic E-state index is 12.1. The second-order valence-corrected chi connectivity index (χ2v) is 9.18. The zero-order chi connectivity index (χ0) is 27.0. The van der Waals surface area contributed by atoms with E-state index in [4.69, 9.17) is 19.5 Å². The van der Waals surface area contributed by atoms with Crippen molar-refractivity contribution in [1.82, 2.24) is 5.43 Å². The number of ether oxygens (including phenoxy) is 2. The number of nitrogens with zero attached hydrogens (tertiary/aromatic N) is 4. The standard InChI is InChI=1S/C30H25N5O3S/c1-37-25-16-12-22(13-17-25)32-28-29(33-23-14-18-26(38-2)19-15-23)39-30(35(28)24-9-4-3-5-10-24)34-31-20-21-8-6-7-11-27(21)36/h3-20,31H,1-2H3/b21-20?,32-28?,33-29?,34-30+. The minimum Gasteiger partial charge on any atom is -0.497 e. The highest BCUT2D eigenvalue weighted by Crippen LogP contribution is 2.33. The fourth-order valence-electron chi connectivity index (χ4n) is 3.73. The highest BCUT2D eigenvalue weighted by atomic mass is 32.2. The van der Waals surface area contributed by atoms with Gasteiger partial charge in [-0.3, -0.25) is 15.1 Å². The first kappa shape index (κ1) is 25.7. The topological polar surface area (TPSA) is 87.9 Å². The van der Waals surface area contributed by atoms with Crippen LogP contribution in [0, 0.1) is 0 Å². The lowest BCUT2D eigenvalue weighted by Crippen LogP contribution is -2.31. The van der Waals surface area contributed by atoms with E-state index in [0.717, 1.165) is 28.6 Å². The molecule has 1 saturated heterocycles. The van der Waals surface area contributed by atoms with Gasteiger partial charge in [0.2, 0.25) is 0 Å². The lowest BCUT2D eigenvalue weighted by Gasteiger charge is -2.18. The van der Waals surface area contributed by atoms with Crippen molar-refractivity contribution in [2.75, 3.05) is 19.1 Å². The molecule has 0 unspecified atom stereocenters. The van der Waals surface area contributed by atoms with Crippen LogP contribution in [-0.4, -0.2) is 36.0 Å². The van der Waals surface area contributed by atoms with Crippen molar-refractivity contribution < 1.29 is 14.3 Å². The highest BCUT2D eigenvalue weighted by Gasteiger charge is 2.35. The van der Waals surface area contributed by atoms with Crippen molar-refractivity contribution in [3.05, 3.63) is 115 Å². The second-order valence-electron chi connectivity index (χ2n) is 8.23. The predicted molar refractivity (Wildman–Crippen MR) is 159 cm³/mol. The largest absolute Gasteiger partial charge is 0.497 e. The fraction of sp³-hybridized carbons (Fsp3) is 0.0667. The summed E-state index contributed by atoms with van der Waals surface area (Å²) in [6.45, 7) is 0. The first-order valence-electron chi connectivity index (χ1n) is 12.1. The van der Waals surface area contributed by atoms with Crippen molar-refractivity contribution in [2.24, 2.45) is 15.1 Å². The van der Waals surface area contributed by atoms with Crippen molar-refractivity contribution in [3.63, 3.8) is 0 Å². The van der Waals surface area contributed by atoms with E-state index in [0.29, 0.717) is 21.6 Å². The molecule has 3 aromatic carbocycles. The number of hydrazone groups is 1. The molecule has 0 saturated carbocycles. The number of allylic oxidation sites excluding steroid dienone is 5. The lowest BCUT2D eigenvalue weighted by atomic mass is 10.1. The average Bonchev–Trinajstić information content (AvgIpc) is 3.31. The van der Waals surface area contributed by atoms with E-state index in [1.54, 1.807) is 32.6 Å². The minimum atomic E-state index is -0.0901. The summed E-state index contributed by atoms with van der Waals surface area (Å²) in [5.41, 5.74) is 5.79. The maximum absolute atomic E-state index is 12.1. The molecule has 1 N–H and O–H groups in total. The molecule has 0 aromatic heterocycles. The van der Waals surface area contributed by atoms with Gasteiger partial charge >= 0.3 is 0 Å². The van der Waals surface area contributed by atoms with Crippen molar-refractivity contribution >= 4 is 50.7 Å². The molecule has 39 heavy (non-hydrogen) atoms. The first-order chi connectivity index (χ1) is 19.1. The van der Waals surface area contributed by atoms with Crippen LogP contribution in [0.3, 0.4) is 0 Å². The Bertz CT molecular complexity index is 1520. The number of hydrogen-bond acceptors (Lipinski definition) is 8. The molecule has 0 amide bonds. The number of amidine groups is 2. The van der Waals surface area contributed by atoms with Crippen LogP contribution < -0.4 is 19.8 Å². The SMILES string of the molecule is COc1ccc(N=C2S/C(=N/NC=C3C=CC=CC3=O)N(c3ccccc3)C2=Nc2ccc(OC)cc2)cc1. The third kappa shape index (κ3) is 6.16. The second kappa shape index (κ2) is 12.1. The summed E-state index contributed by atoms with van der Waals surface area (Å²) in [4.78, 5) is 24.0. The van der Waals surface area contributed by atoms with Crippen LogP contribution >= 0.6 is 11.8 Å². The summed E-state index contributed by atoms with van der Waals surface area (Å²) in [7, 11) is 3.26. The fourth-order valence-corrected chi connectivity index (χ4v) is 4.66. The number of carbonyl (C=O) groups excluding carboxylic acids is 1. The molecule has 3 aromatic rings. The van der Waals surface area contributed by atoms with Gasteiger partial charge < -0.3 is 9.47 Å². The van der Waals surface area contributed by atoms with E-state index in [-0.39, 0.29) is 5.78 Å². The Morgan fingerprint density at radius 3 is 2.03 bits per heavy atom. The van der Waals surface area contributed by atoms with E-state index < -0.39 is 0 Å². The summed E-state index contributed by atoms with van der Waals surface area (Å²) < 4.78 is 10.6. The van der Waals surface area contributed by atoms with E-state index in [2.05, 4.69) is 10.5 Å². The molecule has 1 heterocycles. The molecule has 1 aliphatic heterocycles. The van der Waals surface area contributed by atoms with Crippen LogP contribution in [0.25, 0.3) is 0 Å². The zero-order valence-corrected chi connectivity index (χ0v) is 22.1. The summed E-state index contributed by atoms with van der Waals surface area (Å²) in [6.07, 6.45) is 8.35. The van der Waals surface area contributed by atoms with Crippen molar-refractivity contribution in [1.29, 1.82) is 0 Å². The molecule has 0 spiro atoms. The monoisotopic (exact) mass is 535 g/mol. The molecule has 2 aliphatic rings. The summed E-state index contributed by atoms with van der Waals surface area (Å²) >= 11 is 1.37. The molecule has 194 valence electrons. The summed E-state index contributed by atoms with van der Waals surface area (Å²) in [5.74, 6) is 2.01. The number of carbonyl (C=O) groups is 1. The van der Waals surface area contributed by atoms with E-state index in [1.165, 1.54) is 17.8 Å². The Morgan fingerprint density at radius 2 is 1.41 bits per heavy atom. The minimum absolute atomic E-state index is 0.0901. The number of rotatable bonds is 7. The van der Waals surface area contributed by atoms with Gasteiger partial charge in [0.1, 0.15) is 16.5 Å². The molecule has 9 heteroatoms. The quantitative estimate of drug-likeness (QED) is 0.288. The number of benzene rings is 3. The van der Waals surface area contributed by atoms with Gasteiger partial charge in [-0.25, -0.2) is 9.98 Å². The number of thioether (sulfide) groups is 1. The lowest BCUT2D eigenvalue weighted by molar-refractivity contribution is -0.111. The van der Waals surface area contributed by atoms with Crippen LogP contribution in [0.1, 0.15) is 0 Å². The molecular weight excluding hydrogens is 510 g/mol. The summed E-state index contributed by atoms with van der Waals surface area (Å²) in [5, 5.41) is 5.87. The Morgan fingerprint density at radius 1 is 0.795 bits per heavy atom. The zero-order valence-electron chi connectivity index (χ0n) is 21.3. The van der Waals surface area contributed by atoms with Crippen LogP contribution in [0.15, 0.2) is 130 Å². The molecule has 1 fully saturated rings. The molecule has 5 rings (SSSR count). The number of hydrogen-bond donors (Lipinski definition) is 1. The van der Waals surface area contributed by atoms with Gasteiger partial charge in [-0.15, -0.1) is 5.10 Å². The van der Waals surface area contributed by atoms with E-state index >= 15 is 0 Å². The Kier molecular flexibility index (Phi) is 7.99. The van der Waals surface area contributed by atoms with Crippen LogP contribution in [0.4, 0.5) is 17.1 Å². The third-order valence-electron chi connectivity index (χ3n) is 5.71. The van der Waals surface area contributed by atoms with Gasteiger partial charge in [0.15, 0.2) is 16.8 Å². The molecule has 8 nitrogen and oxygen atoms in total. The van der Waals surface area contributed by atoms with Crippen molar-refractivity contribution in [3.8, 4) is 11.5 Å². The molecule has 1 aliphatic carbocycles. The number of anilines is 1. The average molecular weight is 536 g/mol. The number of aliphatic imine (C=N–C) groups is 2. The van der Waals surface area contributed by atoms with Crippen LogP contribution in [0.5, 0.6) is 11.5 Å². The Labute approximate surface area is 230 Å². The predicted octanol–water partition coefficient (Wildman–Crippen LogP) is 6.16. The Balaban J connectivity index is 1.59. The van der Waals surface area contributed by atoms with Crippen LogP contribution in [-0.2, 0) is 4.79 Å². The van der Waals surface area contributed by atoms with Gasteiger partial charge in [0.25, 0.3) is 0 Å². The van der Waals surface area contributed by atoms with Gasteiger partial charge in [0.05, 0.1) is 25.6 Å². The van der Waals surface area contributed by atoms with E-state index in [1.807, 2.05) is 89.8 Å². The third-order valence-corrected chi connectivity index (χ3v) is 6.63. The number of ketones is 1. The van der Waals surface area contributed by atoms with E-state index in [9.17, 15) is 4.79 Å². The highest BCUT2D eigenvalue weighted by molar-refractivity contribution is 8.29. The number of methoxy groups -OCH3 is 2. The van der Waals surface area contributed by atoms with Gasteiger partial charge in [-0.05, 0) is 84.6 Å². The van der Waals surface area contributed by atoms with Crippen LogP contribution in [0.2, 0.25) is 0 Å². The van der Waals surface area contributed by atoms with Gasteiger partial charge in [-0.2, -0.15) is 0 Å². The van der Waals surface area contributed by atoms with Gasteiger partial charge in [-0.1, -0.05) is 30.4 Å². The molecule has 0 radical (unpaired) electrons. The first-order valence-corrected chi connectivity index (χ1v) is 12.9. The molecule has 0 atom stereocenters. The number of para-hydroxylation sites is 1. The number of nitrogens with one attached hydrogen (secondary N) is 1. The molecule has 0 bridgehead atoms. The summed E-state index contributed by atoms with van der Waals surface area (Å²) in [6, 6.07) is 24.8. The smallest absolute Gasteiger partial charge is 0.200 e. The van der Waals surface area contributed by atoms with Crippen molar-refractivity contribution in [2.45, 2.75) is 0 Å². The Hall–Kier alpha value is -4.89. The molecular formula is C30H25N5O3S. The maximum Gasteiger partial charge on any atom is 0.200 e. The normalized spacial score (nSPS) is 18.9. The van der Waals surface area contributed by atoms with Gasteiger partial charge in [0, 0.05) is 17.5 Å².